The molecule has 0 spiro atoms. The highest BCUT2D eigenvalue weighted by Crippen LogP contribution is 2.40. The molecule has 3 rings (SSSR count). The van der Waals surface area contributed by atoms with Crippen molar-refractivity contribution < 1.29 is 0 Å². The number of hydrogen-bond acceptors (Lipinski definition) is 3. The molecule has 2 nitrogen and oxygen atoms in total. The van der Waals surface area contributed by atoms with Gasteiger partial charge in [-0.2, -0.15) is 0 Å². The Kier molecular flexibility index (Phi) is 2.08. The summed E-state index contributed by atoms with van der Waals surface area (Å²) in [6, 6.07) is 0. The van der Waals surface area contributed by atoms with Crippen molar-refractivity contribution in [3.8, 4) is 0 Å². The van der Waals surface area contributed by atoms with Crippen LogP contribution < -0.4 is 0 Å². The maximum absolute atomic E-state index is 4.52. The van der Waals surface area contributed by atoms with Crippen molar-refractivity contribution in [3.63, 3.8) is 0 Å². The van der Waals surface area contributed by atoms with Crippen LogP contribution in [0.1, 0.15) is 43.3 Å². The average Bonchev–Trinajstić information content (AvgIpc) is 2.73. The number of nitrogens with zero attached hydrogens (tertiary/aromatic N) is 2. The van der Waals surface area contributed by atoms with Gasteiger partial charge in [-0.25, -0.2) is 9.97 Å². The first-order chi connectivity index (χ1) is 7.57. The molecule has 0 atom stereocenters. The van der Waals surface area contributed by atoms with Crippen LogP contribution in [0.2, 0.25) is 0 Å². The molecule has 0 amide bonds. The van der Waals surface area contributed by atoms with Crippen molar-refractivity contribution in [2.75, 3.05) is 0 Å². The first-order valence-corrected chi connectivity index (χ1v) is 6.65. The Bertz CT molecular complexity index is 549. The van der Waals surface area contributed by atoms with Gasteiger partial charge in [-0.3, -0.25) is 0 Å². The van der Waals surface area contributed by atoms with E-state index in [9.17, 15) is 0 Å². The number of thiophene rings is 1. The van der Waals surface area contributed by atoms with E-state index in [1.807, 2.05) is 11.3 Å². The van der Waals surface area contributed by atoms with Crippen LogP contribution in [0.15, 0.2) is 6.33 Å². The molecule has 0 radical (unpaired) electrons. The first-order valence-electron chi connectivity index (χ1n) is 5.83. The molecule has 0 saturated heterocycles. The second-order valence-corrected chi connectivity index (χ2v) is 6.59. The van der Waals surface area contributed by atoms with Crippen molar-refractivity contribution in [2.45, 2.75) is 45.4 Å². The molecule has 0 aliphatic heterocycles. The zero-order chi connectivity index (χ0) is 11.3. The highest BCUT2D eigenvalue weighted by Gasteiger charge is 2.26. The summed E-state index contributed by atoms with van der Waals surface area (Å²) in [7, 11) is 0. The molecule has 16 heavy (non-hydrogen) atoms. The number of hydrogen-bond donors (Lipinski definition) is 0. The van der Waals surface area contributed by atoms with E-state index in [0.29, 0.717) is 0 Å². The molecule has 0 aromatic carbocycles. The van der Waals surface area contributed by atoms with Gasteiger partial charge >= 0.3 is 0 Å². The minimum Gasteiger partial charge on any atom is -0.240 e. The van der Waals surface area contributed by atoms with Crippen LogP contribution in [0.25, 0.3) is 10.2 Å². The van der Waals surface area contributed by atoms with Gasteiger partial charge in [0.05, 0.1) is 5.69 Å². The molecule has 0 N–H and O–H groups in total. The SMILES string of the molecule is CC(C)(C)c1ncnc2sc3c(c12)CCC3. The predicted octanol–water partition coefficient (Wildman–Crippen LogP) is 3.48. The van der Waals surface area contributed by atoms with Crippen molar-refractivity contribution in [2.24, 2.45) is 0 Å². The Hall–Kier alpha value is -0.960. The molecule has 1 aliphatic carbocycles. The van der Waals surface area contributed by atoms with Gasteiger partial charge < -0.3 is 0 Å². The van der Waals surface area contributed by atoms with Crippen molar-refractivity contribution in [1.29, 1.82) is 0 Å². The minimum atomic E-state index is 0.110. The second-order valence-electron chi connectivity index (χ2n) is 5.51. The molecule has 84 valence electrons. The maximum Gasteiger partial charge on any atom is 0.127 e. The molecule has 0 fully saturated rings. The van der Waals surface area contributed by atoms with Gasteiger partial charge in [0.15, 0.2) is 0 Å². The van der Waals surface area contributed by atoms with Crippen LogP contribution >= 0.6 is 11.3 Å². The summed E-state index contributed by atoms with van der Waals surface area (Å²) in [6.07, 6.45) is 5.47. The smallest absolute Gasteiger partial charge is 0.127 e. The summed E-state index contributed by atoms with van der Waals surface area (Å²) >= 11 is 1.87. The highest BCUT2D eigenvalue weighted by molar-refractivity contribution is 7.18. The third-order valence-electron chi connectivity index (χ3n) is 3.21. The van der Waals surface area contributed by atoms with Gasteiger partial charge in [0.25, 0.3) is 0 Å². The second kappa shape index (κ2) is 3.27. The Morgan fingerprint density at radius 1 is 1.19 bits per heavy atom. The highest BCUT2D eigenvalue weighted by atomic mass is 32.1. The first kappa shape index (κ1) is 10.2. The Morgan fingerprint density at radius 3 is 2.75 bits per heavy atom. The van der Waals surface area contributed by atoms with E-state index in [0.717, 1.165) is 0 Å². The Labute approximate surface area is 99.7 Å². The number of fused-ring (bicyclic) bond motifs is 3. The molecule has 0 saturated carbocycles. The normalized spacial score (nSPS) is 15.7. The molecule has 0 bridgehead atoms. The molecular weight excluding hydrogens is 216 g/mol. The predicted molar refractivity (Wildman–Crippen MR) is 68.1 cm³/mol. The standard InChI is InChI=1S/C13H16N2S/c1-13(2,3)11-10-8-5-4-6-9(8)16-12(10)15-7-14-11/h7H,4-6H2,1-3H3. The number of rotatable bonds is 0. The third kappa shape index (κ3) is 1.38. The fourth-order valence-electron chi connectivity index (χ4n) is 2.50. The van der Waals surface area contributed by atoms with Crippen LogP contribution in [0, 0.1) is 0 Å². The molecule has 2 aromatic heterocycles. The van der Waals surface area contributed by atoms with E-state index in [1.165, 1.54) is 40.7 Å². The van der Waals surface area contributed by atoms with E-state index >= 15 is 0 Å². The largest absolute Gasteiger partial charge is 0.240 e. The van der Waals surface area contributed by atoms with E-state index in [-0.39, 0.29) is 5.41 Å². The molecule has 3 heteroatoms. The van der Waals surface area contributed by atoms with E-state index in [1.54, 1.807) is 11.2 Å². The molecule has 2 heterocycles. The van der Waals surface area contributed by atoms with Crippen molar-refractivity contribution in [1.82, 2.24) is 9.97 Å². The van der Waals surface area contributed by atoms with Crippen LogP contribution in [0.5, 0.6) is 0 Å². The molecule has 0 unspecified atom stereocenters. The van der Waals surface area contributed by atoms with Gasteiger partial charge in [0.2, 0.25) is 0 Å². The fraction of sp³-hybridized carbons (Fsp3) is 0.538. The molecular formula is C13H16N2S. The summed E-state index contributed by atoms with van der Waals surface area (Å²) < 4.78 is 0. The van der Waals surface area contributed by atoms with Gasteiger partial charge in [-0.1, -0.05) is 20.8 Å². The van der Waals surface area contributed by atoms with Gasteiger partial charge in [-0.15, -0.1) is 11.3 Å². The van der Waals surface area contributed by atoms with E-state index in [2.05, 4.69) is 30.7 Å². The van der Waals surface area contributed by atoms with Crippen molar-refractivity contribution >= 4 is 21.6 Å². The summed E-state index contributed by atoms with van der Waals surface area (Å²) in [5, 5.41) is 1.35. The van der Waals surface area contributed by atoms with Gasteiger partial charge in [0.1, 0.15) is 11.2 Å². The summed E-state index contributed by atoms with van der Waals surface area (Å²) in [4.78, 5) is 11.7. The van der Waals surface area contributed by atoms with Gasteiger partial charge in [-0.05, 0) is 24.8 Å². The lowest BCUT2D eigenvalue weighted by atomic mass is 9.89. The molecule has 1 aliphatic rings. The number of aromatic nitrogens is 2. The Balaban J connectivity index is 2.37. The topological polar surface area (TPSA) is 25.8 Å². The average molecular weight is 232 g/mol. The van der Waals surface area contributed by atoms with Crippen molar-refractivity contribution in [3.05, 3.63) is 22.5 Å². The lowest BCUT2D eigenvalue weighted by Gasteiger charge is -2.18. The summed E-state index contributed by atoms with van der Waals surface area (Å²) in [5.74, 6) is 0. The quantitative estimate of drug-likeness (QED) is 0.695. The number of aryl methyl sites for hydroxylation is 2. The van der Waals surface area contributed by atoms with Gasteiger partial charge in [0, 0.05) is 15.7 Å². The summed E-state index contributed by atoms with van der Waals surface area (Å²) in [6.45, 7) is 6.69. The lowest BCUT2D eigenvalue weighted by molar-refractivity contribution is 0.574. The van der Waals surface area contributed by atoms with E-state index < -0.39 is 0 Å². The van der Waals surface area contributed by atoms with Crippen LogP contribution in [0.4, 0.5) is 0 Å². The lowest BCUT2D eigenvalue weighted by Crippen LogP contribution is -2.14. The van der Waals surface area contributed by atoms with Crippen LogP contribution in [0.3, 0.4) is 0 Å². The minimum absolute atomic E-state index is 0.110. The zero-order valence-electron chi connectivity index (χ0n) is 10.0. The maximum atomic E-state index is 4.52. The monoisotopic (exact) mass is 232 g/mol. The van der Waals surface area contributed by atoms with Crippen LogP contribution in [-0.2, 0) is 18.3 Å². The van der Waals surface area contributed by atoms with E-state index in [4.69, 9.17) is 0 Å². The third-order valence-corrected chi connectivity index (χ3v) is 4.41. The fourth-order valence-corrected chi connectivity index (χ4v) is 3.73. The molecule has 2 aromatic rings. The zero-order valence-corrected chi connectivity index (χ0v) is 10.8. The Morgan fingerprint density at radius 2 is 2.00 bits per heavy atom. The summed E-state index contributed by atoms with van der Waals surface area (Å²) in [5.41, 5.74) is 2.86. The van der Waals surface area contributed by atoms with Crippen LogP contribution in [-0.4, -0.2) is 9.97 Å².